The SMILES string of the molecule is O=C(O)[C@H]1O[C@@H](O[C@H]2[C@@H](O)[C@@H](COS(=O)(=O)O)O[C@@H](O[C@@H]3[C@@H](O)[C@H](O)O[C@H](CO)[C@@H]3O)[C@@H]2O)[C@H](O)[C@@H](O)[C@@H]1O. The number of aliphatic hydroxyl groups is 9. The minimum absolute atomic E-state index is 0.857. The van der Waals surface area contributed by atoms with Crippen LogP contribution >= 0.6 is 0 Å². The van der Waals surface area contributed by atoms with E-state index in [1.165, 1.54) is 0 Å². The van der Waals surface area contributed by atoms with Gasteiger partial charge in [-0.2, -0.15) is 8.42 Å². The van der Waals surface area contributed by atoms with Gasteiger partial charge in [-0.25, -0.2) is 8.98 Å². The van der Waals surface area contributed by atoms with Gasteiger partial charge in [0.1, 0.15) is 67.1 Å². The Morgan fingerprint density at radius 3 is 1.77 bits per heavy atom. The van der Waals surface area contributed by atoms with Gasteiger partial charge in [0.25, 0.3) is 0 Å². The van der Waals surface area contributed by atoms with Crippen molar-refractivity contribution in [2.24, 2.45) is 0 Å². The second-order valence-corrected chi connectivity index (χ2v) is 9.99. The molecule has 0 spiro atoms. The number of carboxylic acids is 1. The van der Waals surface area contributed by atoms with Crippen molar-refractivity contribution >= 4 is 16.4 Å². The minimum atomic E-state index is -5.11. The summed E-state index contributed by atoms with van der Waals surface area (Å²) in [6.07, 6.45) is -30.2. The summed E-state index contributed by atoms with van der Waals surface area (Å²) in [5, 5.41) is 101. The third kappa shape index (κ3) is 7.17. The highest BCUT2D eigenvalue weighted by Crippen LogP contribution is 2.32. The first-order chi connectivity index (χ1) is 18.1. The van der Waals surface area contributed by atoms with E-state index < -0.39 is 122 Å². The fourth-order valence-electron chi connectivity index (χ4n) is 4.17. The summed E-state index contributed by atoms with van der Waals surface area (Å²) in [7, 11) is -5.11. The predicted octanol–water partition coefficient (Wildman–Crippen LogP) is -7.65. The van der Waals surface area contributed by atoms with Gasteiger partial charge in [0.15, 0.2) is 25.0 Å². The van der Waals surface area contributed by atoms with Crippen LogP contribution in [0.15, 0.2) is 0 Å². The maximum atomic E-state index is 11.4. The quantitative estimate of drug-likeness (QED) is 0.110. The van der Waals surface area contributed by atoms with E-state index >= 15 is 0 Å². The zero-order chi connectivity index (χ0) is 29.4. The van der Waals surface area contributed by atoms with Crippen LogP contribution in [-0.4, -0.2) is 175 Å². The van der Waals surface area contributed by atoms with Crippen LogP contribution in [0, 0.1) is 0 Å². The van der Waals surface area contributed by atoms with Crippen LogP contribution < -0.4 is 0 Å². The maximum absolute atomic E-state index is 11.4. The van der Waals surface area contributed by atoms with Crippen molar-refractivity contribution in [2.45, 2.75) is 92.1 Å². The second-order valence-electron chi connectivity index (χ2n) is 8.90. The van der Waals surface area contributed by atoms with Gasteiger partial charge in [0.2, 0.25) is 0 Å². The van der Waals surface area contributed by atoms with Crippen molar-refractivity contribution in [1.82, 2.24) is 0 Å². The molecule has 3 fully saturated rings. The van der Waals surface area contributed by atoms with E-state index in [4.69, 9.17) is 28.2 Å². The van der Waals surface area contributed by atoms with Gasteiger partial charge in [-0.1, -0.05) is 0 Å². The molecule has 0 aliphatic carbocycles. The van der Waals surface area contributed by atoms with Gasteiger partial charge in [-0.3, -0.25) is 4.55 Å². The summed E-state index contributed by atoms with van der Waals surface area (Å²) < 4.78 is 60.8. The lowest BCUT2D eigenvalue weighted by molar-refractivity contribution is -0.377. The number of hydrogen-bond donors (Lipinski definition) is 11. The highest BCUT2D eigenvalue weighted by atomic mass is 32.3. The number of ether oxygens (including phenoxy) is 5. The molecule has 0 amide bonds. The second kappa shape index (κ2) is 12.7. The third-order valence-electron chi connectivity index (χ3n) is 6.26. The zero-order valence-electron chi connectivity index (χ0n) is 19.6. The molecular formula is C18H30O20S. The van der Waals surface area contributed by atoms with E-state index in [0.29, 0.717) is 0 Å². The number of carbonyl (C=O) groups is 1. The number of hydrogen-bond acceptors (Lipinski definition) is 18. The van der Waals surface area contributed by atoms with Crippen LogP contribution in [0.1, 0.15) is 0 Å². The van der Waals surface area contributed by atoms with Gasteiger partial charge in [-0.05, 0) is 0 Å². The smallest absolute Gasteiger partial charge is 0.397 e. The number of rotatable bonds is 9. The van der Waals surface area contributed by atoms with Crippen LogP contribution in [0.3, 0.4) is 0 Å². The molecule has 20 nitrogen and oxygen atoms in total. The highest BCUT2D eigenvalue weighted by molar-refractivity contribution is 7.80. The van der Waals surface area contributed by atoms with Crippen molar-refractivity contribution in [3.05, 3.63) is 0 Å². The van der Waals surface area contributed by atoms with Crippen LogP contribution in [0.2, 0.25) is 0 Å². The van der Waals surface area contributed by atoms with Crippen molar-refractivity contribution in [1.29, 1.82) is 0 Å². The zero-order valence-corrected chi connectivity index (χ0v) is 20.4. The highest BCUT2D eigenvalue weighted by Gasteiger charge is 2.54. The first-order valence-corrected chi connectivity index (χ1v) is 12.6. The molecular weight excluding hydrogens is 568 g/mol. The molecule has 21 heteroatoms. The van der Waals surface area contributed by atoms with E-state index in [0.717, 1.165) is 0 Å². The molecule has 3 aliphatic heterocycles. The molecule has 3 aliphatic rings. The molecule has 0 aromatic carbocycles. The fraction of sp³-hybridized carbons (Fsp3) is 0.944. The lowest BCUT2D eigenvalue weighted by Crippen LogP contribution is -2.67. The fourth-order valence-corrected chi connectivity index (χ4v) is 4.47. The summed E-state index contributed by atoms with van der Waals surface area (Å²) in [6.45, 7) is -2.01. The van der Waals surface area contributed by atoms with Gasteiger partial charge >= 0.3 is 16.4 Å². The van der Waals surface area contributed by atoms with Crippen LogP contribution in [0.4, 0.5) is 0 Å². The lowest BCUT2D eigenvalue weighted by Gasteiger charge is -2.47. The van der Waals surface area contributed by atoms with Crippen molar-refractivity contribution in [2.75, 3.05) is 13.2 Å². The summed E-state index contributed by atoms with van der Waals surface area (Å²) >= 11 is 0. The Morgan fingerprint density at radius 1 is 0.692 bits per heavy atom. The first-order valence-electron chi connectivity index (χ1n) is 11.2. The first kappa shape index (κ1) is 32.3. The van der Waals surface area contributed by atoms with Crippen LogP contribution in [-0.2, 0) is 43.1 Å². The Hall–Kier alpha value is -1.22. The number of aliphatic hydroxyl groups excluding tert-OH is 9. The molecule has 11 N–H and O–H groups in total. The molecule has 0 aromatic heterocycles. The average Bonchev–Trinajstić information content (AvgIpc) is 2.86. The Bertz CT molecular complexity index is 934. The summed E-state index contributed by atoms with van der Waals surface area (Å²) in [6, 6.07) is 0. The molecule has 15 atom stereocenters. The number of aliphatic carboxylic acids is 1. The average molecular weight is 598 g/mol. The molecule has 228 valence electrons. The largest absolute Gasteiger partial charge is 0.479 e. The monoisotopic (exact) mass is 598 g/mol. The van der Waals surface area contributed by atoms with E-state index in [-0.39, 0.29) is 0 Å². The molecule has 39 heavy (non-hydrogen) atoms. The molecule has 0 radical (unpaired) electrons. The van der Waals surface area contributed by atoms with Crippen molar-refractivity contribution < 1.29 is 96.7 Å². The molecule has 3 heterocycles. The van der Waals surface area contributed by atoms with Crippen molar-refractivity contribution in [3.63, 3.8) is 0 Å². The Balaban J connectivity index is 1.87. The maximum Gasteiger partial charge on any atom is 0.397 e. The van der Waals surface area contributed by atoms with Gasteiger partial charge < -0.3 is 74.7 Å². The number of carboxylic acid groups (broad SMARTS) is 1. The van der Waals surface area contributed by atoms with E-state index in [1.807, 2.05) is 0 Å². The minimum Gasteiger partial charge on any atom is -0.479 e. The topological polar surface area (TPSA) is 329 Å². The Morgan fingerprint density at radius 2 is 1.23 bits per heavy atom. The molecule has 0 aromatic rings. The third-order valence-corrected chi connectivity index (χ3v) is 6.69. The molecule has 0 saturated carbocycles. The lowest BCUT2D eigenvalue weighted by atomic mass is 9.96. The molecule has 0 unspecified atom stereocenters. The standard InChI is InChI=1S/C18H30O20S/c19-1-3-5(20)12(10(25)16(29)34-3)36-18-11(26)13(6(21)4(35-18)2-33-39(30,31)32)37-17-9(24)7(22)8(23)14(38-17)15(27)28/h3-14,16-26,29H,1-2H2,(H,27,28)(H,30,31,32)/t3-,4-,5+,6+,7+,8+,9-,10-,11-,12+,13+,14+,16-,17-,18+/m1/s1. The van der Waals surface area contributed by atoms with Crippen LogP contribution in [0.5, 0.6) is 0 Å². The Kier molecular flexibility index (Phi) is 10.6. The van der Waals surface area contributed by atoms with E-state index in [9.17, 15) is 64.3 Å². The Labute approximate surface area is 219 Å². The molecule has 3 saturated heterocycles. The molecule has 3 rings (SSSR count). The van der Waals surface area contributed by atoms with Gasteiger partial charge in [0, 0.05) is 0 Å². The molecule has 0 bridgehead atoms. The van der Waals surface area contributed by atoms with Gasteiger partial charge in [0.05, 0.1) is 13.2 Å². The van der Waals surface area contributed by atoms with E-state index in [1.54, 1.807) is 0 Å². The normalized spacial score (nSPS) is 47.6. The predicted molar refractivity (Wildman–Crippen MR) is 112 cm³/mol. The van der Waals surface area contributed by atoms with Crippen LogP contribution in [0.25, 0.3) is 0 Å². The van der Waals surface area contributed by atoms with Gasteiger partial charge in [-0.15, -0.1) is 0 Å². The van der Waals surface area contributed by atoms with Crippen molar-refractivity contribution in [3.8, 4) is 0 Å². The summed E-state index contributed by atoms with van der Waals surface area (Å²) in [5.74, 6) is -1.78. The van der Waals surface area contributed by atoms with E-state index in [2.05, 4.69) is 4.18 Å². The summed E-state index contributed by atoms with van der Waals surface area (Å²) in [4.78, 5) is 11.4. The summed E-state index contributed by atoms with van der Waals surface area (Å²) in [5.41, 5.74) is 0.